The van der Waals surface area contributed by atoms with Gasteiger partial charge in [-0.1, -0.05) is 29.8 Å². The molecule has 6 nitrogen and oxygen atoms in total. The largest absolute Gasteiger partial charge is 0.493 e. The Bertz CT molecular complexity index is 851. The van der Waals surface area contributed by atoms with Crippen molar-refractivity contribution in [3.8, 4) is 11.5 Å². The Labute approximate surface area is 171 Å². The number of nitrogens with two attached hydrogens (primary N) is 1. The van der Waals surface area contributed by atoms with Gasteiger partial charge in [0, 0.05) is 23.6 Å². The third-order valence-electron chi connectivity index (χ3n) is 3.60. The second-order valence-electron chi connectivity index (χ2n) is 5.64. The molecule has 0 aliphatic heterocycles. The number of methoxy groups -OCH3 is 1. The summed E-state index contributed by atoms with van der Waals surface area (Å²) < 4.78 is 23.9. The molecule has 0 aliphatic carbocycles. The molecule has 2 rings (SSSR count). The first-order chi connectivity index (χ1) is 13.4. The number of amides is 2. The normalized spacial score (nSPS) is 10.4. The number of halogens is 2. The third-order valence-corrected chi connectivity index (χ3v) is 4.89. The van der Waals surface area contributed by atoms with Crippen molar-refractivity contribution < 1.29 is 23.5 Å². The van der Waals surface area contributed by atoms with Crippen molar-refractivity contribution in [3.63, 3.8) is 0 Å². The highest BCUT2D eigenvalue weighted by molar-refractivity contribution is 7.98. The first-order valence-electron chi connectivity index (χ1n) is 8.30. The quantitative estimate of drug-likeness (QED) is 0.570. The van der Waals surface area contributed by atoms with E-state index in [0.29, 0.717) is 23.6 Å². The molecule has 28 heavy (non-hydrogen) atoms. The van der Waals surface area contributed by atoms with Crippen LogP contribution in [0.5, 0.6) is 11.5 Å². The van der Waals surface area contributed by atoms with E-state index in [0.717, 1.165) is 0 Å². The van der Waals surface area contributed by atoms with Crippen molar-refractivity contribution in [2.45, 2.75) is 5.75 Å². The van der Waals surface area contributed by atoms with E-state index in [1.54, 1.807) is 18.2 Å². The van der Waals surface area contributed by atoms with Crippen molar-refractivity contribution in [1.82, 2.24) is 5.32 Å². The maximum absolute atomic E-state index is 13.5. The van der Waals surface area contributed by atoms with E-state index in [1.807, 2.05) is 0 Å². The molecule has 0 bridgehead atoms. The number of carbonyl (C=O) groups excluding carboxylic acids is 2. The minimum absolute atomic E-state index is 0.125. The van der Waals surface area contributed by atoms with Crippen LogP contribution in [0.25, 0.3) is 0 Å². The van der Waals surface area contributed by atoms with Gasteiger partial charge in [0.2, 0.25) is 0 Å². The zero-order valence-corrected chi connectivity index (χ0v) is 16.7. The predicted molar refractivity (Wildman–Crippen MR) is 108 cm³/mol. The molecule has 0 spiro atoms. The van der Waals surface area contributed by atoms with E-state index in [1.165, 1.54) is 37.1 Å². The molecule has 2 aromatic carbocycles. The number of carbonyl (C=O) groups is 2. The van der Waals surface area contributed by atoms with Crippen LogP contribution in [0.2, 0.25) is 5.02 Å². The van der Waals surface area contributed by atoms with Gasteiger partial charge in [0.05, 0.1) is 12.1 Å². The van der Waals surface area contributed by atoms with E-state index in [2.05, 4.69) is 5.32 Å². The van der Waals surface area contributed by atoms with Gasteiger partial charge in [-0.15, -0.1) is 0 Å². The molecule has 0 radical (unpaired) electrons. The molecule has 0 unspecified atom stereocenters. The summed E-state index contributed by atoms with van der Waals surface area (Å²) in [7, 11) is 1.39. The lowest BCUT2D eigenvalue weighted by Crippen LogP contribution is -2.26. The number of benzene rings is 2. The summed E-state index contributed by atoms with van der Waals surface area (Å²) in [5.74, 6) is 0.256. The topological polar surface area (TPSA) is 90.7 Å². The lowest BCUT2D eigenvalue weighted by atomic mass is 10.2. The fraction of sp³-hybridized carbons (Fsp3) is 0.263. The Kier molecular flexibility index (Phi) is 8.41. The van der Waals surface area contributed by atoms with Crippen molar-refractivity contribution in [3.05, 3.63) is 58.4 Å². The Balaban J connectivity index is 1.88. The molecule has 0 atom stereocenters. The molecule has 150 valence electrons. The first-order valence-corrected chi connectivity index (χ1v) is 9.83. The Hall–Kier alpha value is -2.45. The average molecular weight is 427 g/mol. The molecule has 0 saturated heterocycles. The number of thioether (sulfide) groups is 1. The Morgan fingerprint density at radius 2 is 2.04 bits per heavy atom. The maximum atomic E-state index is 13.5. The second-order valence-corrected chi connectivity index (χ2v) is 7.16. The number of hydrogen-bond acceptors (Lipinski definition) is 5. The summed E-state index contributed by atoms with van der Waals surface area (Å²) in [5.41, 5.74) is 5.96. The van der Waals surface area contributed by atoms with E-state index in [9.17, 15) is 14.0 Å². The molecule has 9 heteroatoms. The van der Waals surface area contributed by atoms with Gasteiger partial charge >= 0.3 is 0 Å². The molecule has 0 aromatic heterocycles. The standard InChI is InChI=1S/C19H20ClFN2O4S/c1-26-16-9-13(8-14(20)18(16)27-10-17(22)24)19(25)23-6-7-28-11-12-4-2-3-5-15(12)21/h2-5,8-9H,6-7,10-11H2,1H3,(H2,22,24)(H,23,25). The van der Waals surface area contributed by atoms with Gasteiger partial charge in [-0.05, 0) is 23.8 Å². The summed E-state index contributed by atoms with van der Waals surface area (Å²) in [6, 6.07) is 9.47. The van der Waals surface area contributed by atoms with E-state index in [4.69, 9.17) is 26.8 Å². The van der Waals surface area contributed by atoms with Crippen molar-refractivity contribution in [2.24, 2.45) is 5.73 Å². The van der Waals surface area contributed by atoms with Gasteiger partial charge in [0.25, 0.3) is 11.8 Å². The van der Waals surface area contributed by atoms with Crippen LogP contribution in [0.4, 0.5) is 4.39 Å². The summed E-state index contributed by atoms with van der Waals surface area (Å²) in [6.45, 7) is 0.0403. The zero-order chi connectivity index (χ0) is 20.5. The van der Waals surface area contributed by atoms with E-state index >= 15 is 0 Å². The van der Waals surface area contributed by atoms with Crippen LogP contribution in [0.15, 0.2) is 36.4 Å². The van der Waals surface area contributed by atoms with Gasteiger partial charge in [0.15, 0.2) is 18.1 Å². The monoisotopic (exact) mass is 426 g/mol. The van der Waals surface area contributed by atoms with Gasteiger partial charge in [-0.25, -0.2) is 4.39 Å². The lowest BCUT2D eigenvalue weighted by Gasteiger charge is -2.13. The smallest absolute Gasteiger partial charge is 0.255 e. The average Bonchev–Trinajstić information content (AvgIpc) is 2.67. The van der Waals surface area contributed by atoms with Gasteiger partial charge < -0.3 is 20.5 Å². The molecule has 0 heterocycles. The van der Waals surface area contributed by atoms with Crippen LogP contribution < -0.4 is 20.5 Å². The number of primary amides is 1. The molecule has 2 amide bonds. The molecule has 0 saturated carbocycles. The molecular weight excluding hydrogens is 407 g/mol. The minimum atomic E-state index is -0.659. The van der Waals surface area contributed by atoms with E-state index < -0.39 is 5.91 Å². The van der Waals surface area contributed by atoms with Gasteiger partial charge in [0.1, 0.15) is 5.82 Å². The molecule has 2 aromatic rings. The summed E-state index contributed by atoms with van der Waals surface area (Å²) in [4.78, 5) is 23.2. The van der Waals surface area contributed by atoms with Crippen molar-refractivity contribution in [2.75, 3.05) is 26.0 Å². The minimum Gasteiger partial charge on any atom is -0.493 e. The summed E-state index contributed by atoms with van der Waals surface area (Å²) in [6.07, 6.45) is 0. The third kappa shape index (κ3) is 6.31. The maximum Gasteiger partial charge on any atom is 0.255 e. The predicted octanol–water partition coefficient (Wildman–Crippen LogP) is 3.02. The Morgan fingerprint density at radius 1 is 1.29 bits per heavy atom. The second kappa shape index (κ2) is 10.8. The number of ether oxygens (including phenoxy) is 2. The fourth-order valence-electron chi connectivity index (χ4n) is 2.27. The number of rotatable bonds is 10. The van der Waals surface area contributed by atoms with Crippen LogP contribution in [-0.4, -0.2) is 37.8 Å². The van der Waals surface area contributed by atoms with Gasteiger partial charge in [-0.3, -0.25) is 9.59 Å². The van der Waals surface area contributed by atoms with Crippen LogP contribution >= 0.6 is 23.4 Å². The summed E-state index contributed by atoms with van der Waals surface area (Å²) >= 11 is 7.64. The van der Waals surface area contributed by atoms with Crippen LogP contribution in [-0.2, 0) is 10.5 Å². The van der Waals surface area contributed by atoms with Crippen LogP contribution in [0.1, 0.15) is 15.9 Å². The number of nitrogens with one attached hydrogen (secondary N) is 1. The first kappa shape index (κ1) is 21.8. The van der Waals surface area contributed by atoms with Crippen molar-refractivity contribution in [1.29, 1.82) is 0 Å². The zero-order valence-electron chi connectivity index (χ0n) is 15.2. The van der Waals surface area contributed by atoms with Crippen LogP contribution in [0.3, 0.4) is 0 Å². The highest BCUT2D eigenvalue weighted by Gasteiger charge is 2.16. The highest BCUT2D eigenvalue weighted by atomic mass is 35.5. The SMILES string of the molecule is COc1cc(C(=O)NCCSCc2ccccc2F)cc(Cl)c1OCC(N)=O. The van der Waals surface area contributed by atoms with E-state index in [-0.39, 0.29) is 40.4 Å². The van der Waals surface area contributed by atoms with Gasteiger partial charge in [-0.2, -0.15) is 11.8 Å². The number of hydrogen-bond donors (Lipinski definition) is 2. The molecule has 3 N–H and O–H groups in total. The molecule has 0 aliphatic rings. The highest BCUT2D eigenvalue weighted by Crippen LogP contribution is 2.36. The lowest BCUT2D eigenvalue weighted by molar-refractivity contribution is -0.119. The van der Waals surface area contributed by atoms with Crippen molar-refractivity contribution >= 4 is 35.2 Å². The molecular formula is C19H20ClFN2O4S. The fourth-order valence-corrected chi connectivity index (χ4v) is 3.38. The summed E-state index contributed by atoms with van der Waals surface area (Å²) in [5, 5.41) is 2.89. The molecule has 0 fully saturated rings. The Morgan fingerprint density at radius 3 is 2.71 bits per heavy atom. The van der Waals surface area contributed by atoms with Crippen LogP contribution in [0, 0.1) is 5.82 Å².